The molecule has 0 atom stereocenters. The van der Waals surface area contributed by atoms with Gasteiger partial charge < -0.3 is 19.7 Å². The van der Waals surface area contributed by atoms with E-state index >= 15 is 0 Å². The van der Waals surface area contributed by atoms with E-state index < -0.39 is 0 Å². The molecular weight excluding hydrogens is 356 g/mol. The van der Waals surface area contributed by atoms with Gasteiger partial charge in [-0.2, -0.15) is 0 Å². The minimum absolute atomic E-state index is 0.274. The Labute approximate surface area is 158 Å². The van der Waals surface area contributed by atoms with E-state index in [2.05, 4.69) is 20.3 Å². The molecule has 7 heteroatoms. The zero-order chi connectivity index (χ0) is 19.1. The highest BCUT2D eigenvalue weighted by atomic mass is 16.3. The van der Waals surface area contributed by atoms with Gasteiger partial charge in [0.15, 0.2) is 5.76 Å². The summed E-state index contributed by atoms with van der Waals surface area (Å²) in [5.41, 5.74) is 3.36. The van der Waals surface area contributed by atoms with Crippen molar-refractivity contribution in [2.24, 2.45) is 0 Å². The number of nitrogens with zero attached hydrogens (tertiary/aromatic N) is 1. The van der Waals surface area contributed by atoms with Gasteiger partial charge in [0, 0.05) is 11.1 Å². The molecule has 0 bridgehead atoms. The van der Waals surface area contributed by atoms with Gasteiger partial charge >= 0.3 is 5.69 Å². The largest absolute Gasteiger partial charge is 0.463 e. The molecule has 3 heterocycles. The Bertz CT molecular complexity index is 1380. The average Bonchev–Trinajstić information content (AvgIpc) is 3.35. The van der Waals surface area contributed by atoms with Crippen LogP contribution in [0.2, 0.25) is 0 Å². The lowest BCUT2D eigenvalue weighted by atomic mass is 10.1. The Morgan fingerprint density at radius 3 is 2.68 bits per heavy atom. The summed E-state index contributed by atoms with van der Waals surface area (Å²) in [7, 11) is 0. The van der Waals surface area contributed by atoms with Crippen molar-refractivity contribution in [2.45, 2.75) is 0 Å². The number of H-pyrrole nitrogens is 2. The first-order valence-electron chi connectivity index (χ1n) is 8.64. The molecule has 0 saturated carbocycles. The van der Waals surface area contributed by atoms with E-state index in [1.54, 1.807) is 42.7 Å². The smallest absolute Gasteiger partial charge is 0.323 e. The lowest BCUT2D eigenvalue weighted by Crippen LogP contribution is -2.13. The number of amides is 1. The van der Waals surface area contributed by atoms with Gasteiger partial charge in [0.2, 0.25) is 0 Å². The fraction of sp³-hybridized carbons (Fsp3) is 0. The predicted octanol–water partition coefficient (Wildman–Crippen LogP) is 3.92. The summed E-state index contributed by atoms with van der Waals surface area (Å²) in [6.45, 7) is 0. The monoisotopic (exact) mass is 370 g/mol. The molecule has 0 saturated heterocycles. The number of anilines is 1. The summed E-state index contributed by atoms with van der Waals surface area (Å²) in [5, 5.41) is 3.63. The number of nitrogens with one attached hydrogen (secondary N) is 3. The van der Waals surface area contributed by atoms with E-state index in [1.807, 2.05) is 24.3 Å². The number of furan rings is 1. The van der Waals surface area contributed by atoms with Crippen LogP contribution in [0.1, 0.15) is 10.4 Å². The van der Waals surface area contributed by atoms with E-state index in [0.717, 1.165) is 5.39 Å². The Kier molecular flexibility index (Phi) is 3.58. The van der Waals surface area contributed by atoms with Gasteiger partial charge in [0.05, 0.1) is 28.4 Å². The minimum atomic E-state index is -0.290. The number of pyridine rings is 1. The van der Waals surface area contributed by atoms with E-state index in [4.69, 9.17) is 4.42 Å². The molecule has 2 aromatic carbocycles. The first kappa shape index (κ1) is 16.1. The van der Waals surface area contributed by atoms with E-state index in [-0.39, 0.29) is 11.6 Å². The maximum absolute atomic E-state index is 13.0. The van der Waals surface area contributed by atoms with E-state index in [1.165, 1.54) is 0 Å². The molecule has 7 nitrogen and oxygen atoms in total. The molecule has 1 amide bonds. The molecule has 0 aliphatic carbocycles. The van der Waals surface area contributed by atoms with Gasteiger partial charge in [0.1, 0.15) is 5.69 Å². The molecule has 5 aromatic rings. The fourth-order valence-electron chi connectivity index (χ4n) is 3.22. The Morgan fingerprint density at radius 1 is 0.964 bits per heavy atom. The maximum atomic E-state index is 13.0. The van der Waals surface area contributed by atoms with Crippen molar-refractivity contribution < 1.29 is 9.21 Å². The number of fused-ring (bicyclic) bond motifs is 2. The zero-order valence-corrected chi connectivity index (χ0v) is 14.5. The lowest BCUT2D eigenvalue weighted by molar-refractivity contribution is 0.102. The van der Waals surface area contributed by atoms with Crippen LogP contribution in [-0.2, 0) is 0 Å². The van der Waals surface area contributed by atoms with Crippen molar-refractivity contribution in [2.75, 3.05) is 5.32 Å². The average molecular weight is 370 g/mol. The van der Waals surface area contributed by atoms with Crippen LogP contribution in [0, 0.1) is 0 Å². The van der Waals surface area contributed by atoms with E-state index in [0.29, 0.717) is 39.3 Å². The molecule has 3 aromatic heterocycles. The number of carbonyl (C=O) groups excluding carboxylic acids is 1. The first-order valence-corrected chi connectivity index (χ1v) is 8.64. The molecule has 3 N–H and O–H groups in total. The lowest BCUT2D eigenvalue weighted by Gasteiger charge is -2.10. The van der Waals surface area contributed by atoms with E-state index in [9.17, 15) is 9.59 Å². The van der Waals surface area contributed by atoms with Crippen LogP contribution in [0.15, 0.2) is 76.1 Å². The summed E-state index contributed by atoms with van der Waals surface area (Å²) >= 11 is 0. The molecule has 0 aliphatic rings. The topological polar surface area (TPSA) is 104 Å². The number of imidazole rings is 1. The molecule has 5 rings (SSSR count). The normalized spacial score (nSPS) is 11.1. The van der Waals surface area contributed by atoms with Crippen LogP contribution >= 0.6 is 0 Å². The van der Waals surface area contributed by atoms with Crippen LogP contribution in [0.25, 0.3) is 33.4 Å². The van der Waals surface area contributed by atoms with Gasteiger partial charge in [-0.3, -0.25) is 4.79 Å². The van der Waals surface area contributed by atoms with Gasteiger partial charge in [-0.15, -0.1) is 0 Å². The Hall–Kier alpha value is -4.13. The number of hydrogen-bond donors (Lipinski definition) is 3. The van der Waals surface area contributed by atoms with Crippen LogP contribution in [0.4, 0.5) is 5.69 Å². The zero-order valence-electron chi connectivity index (χ0n) is 14.5. The number of hydrogen-bond acceptors (Lipinski definition) is 4. The third-order valence-electron chi connectivity index (χ3n) is 4.51. The van der Waals surface area contributed by atoms with Crippen molar-refractivity contribution >= 4 is 33.5 Å². The van der Waals surface area contributed by atoms with Crippen LogP contribution in [0.3, 0.4) is 0 Å². The molecule has 0 unspecified atom stereocenters. The quantitative estimate of drug-likeness (QED) is 0.448. The second-order valence-corrected chi connectivity index (χ2v) is 6.34. The molecule has 136 valence electrons. The summed E-state index contributed by atoms with van der Waals surface area (Å²) < 4.78 is 5.44. The molecule has 0 fully saturated rings. The number of aromatic nitrogens is 3. The number of benzene rings is 2. The standard InChI is InChI=1S/C21H14N4O3/c26-20(22-12-7-8-16-17(10-12)25-21(27)24-16)14-11-18(19-6-3-9-28-19)23-15-5-2-1-4-13(14)15/h1-11H,(H,22,26)(H2,24,25,27). The number of aromatic amines is 2. The van der Waals surface area contributed by atoms with Crippen LogP contribution in [0.5, 0.6) is 0 Å². The second-order valence-electron chi connectivity index (χ2n) is 6.34. The van der Waals surface area contributed by atoms with Gasteiger partial charge in [-0.25, -0.2) is 9.78 Å². The van der Waals surface area contributed by atoms with Crippen molar-refractivity contribution in [3.05, 3.63) is 83.0 Å². The molecule has 0 radical (unpaired) electrons. The highest BCUT2D eigenvalue weighted by Gasteiger charge is 2.15. The van der Waals surface area contributed by atoms with Crippen LogP contribution < -0.4 is 11.0 Å². The molecule has 28 heavy (non-hydrogen) atoms. The number of para-hydroxylation sites is 1. The van der Waals surface area contributed by atoms with Crippen molar-refractivity contribution in [1.29, 1.82) is 0 Å². The summed E-state index contributed by atoms with van der Waals surface area (Å²) in [6, 6.07) is 17.9. The summed E-state index contributed by atoms with van der Waals surface area (Å²) in [5.74, 6) is 0.315. The van der Waals surface area contributed by atoms with Gasteiger partial charge in [0.25, 0.3) is 5.91 Å². The van der Waals surface area contributed by atoms with Crippen molar-refractivity contribution in [3.8, 4) is 11.5 Å². The minimum Gasteiger partial charge on any atom is -0.463 e. The number of rotatable bonds is 3. The molecular formula is C21H14N4O3. The SMILES string of the molecule is O=C(Nc1ccc2[nH]c(=O)[nH]c2c1)c1cc(-c2ccco2)nc2ccccc12. The third-order valence-corrected chi connectivity index (χ3v) is 4.51. The summed E-state index contributed by atoms with van der Waals surface area (Å²) in [4.78, 5) is 34.4. The Balaban J connectivity index is 1.58. The molecule has 0 aliphatic heterocycles. The van der Waals surface area contributed by atoms with Crippen molar-refractivity contribution in [1.82, 2.24) is 15.0 Å². The summed E-state index contributed by atoms with van der Waals surface area (Å²) in [6.07, 6.45) is 1.57. The first-order chi connectivity index (χ1) is 13.7. The highest BCUT2D eigenvalue weighted by molar-refractivity contribution is 6.13. The predicted molar refractivity (Wildman–Crippen MR) is 106 cm³/mol. The number of carbonyl (C=O) groups is 1. The molecule has 0 spiro atoms. The third kappa shape index (κ3) is 2.75. The van der Waals surface area contributed by atoms with Gasteiger partial charge in [-0.05, 0) is 42.5 Å². The second kappa shape index (κ2) is 6.24. The van der Waals surface area contributed by atoms with Gasteiger partial charge in [-0.1, -0.05) is 18.2 Å². The fourth-order valence-corrected chi connectivity index (χ4v) is 3.22. The maximum Gasteiger partial charge on any atom is 0.323 e. The highest BCUT2D eigenvalue weighted by Crippen LogP contribution is 2.26. The van der Waals surface area contributed by atoms with Crippen LogP contribution in [-0.4, -0.2) is 20.9 Å². The van der Waals surface area contributed by atoms with Crippen molar-refractivity contribution in [3.63, 3.8) is 0 Å². The Morgan fingerprint density at radius 2 is 1.82 bits per heavy atom.